The molecule has 1 aromatic heterocycles. The molecule has 0 fully saturated rings. The van der Waals surface area contributed by atoms with E-state index in [0.29, 0.717) is 12.2 Å². The summed E-state index contributed by atoms with van der Waals surface area (Å²) < 4.78 is 0. The average Bonchev–Trinajstić information content (AvgIpc) is 2.93. The standard InChI is InChI=1S/C17H17N3O2/c1-12(21)20-10-7-14-3-2-4-15(17(14)20)19-16(22)11-13-5-8-18-9-6-13/h2-6,8-9H,7,10-11H2,1H3,(H,19,22). The second-order valence-electron chi connectivity index (χ2n) is 5.31. The summed E-state index contributed by atoms with van der Waals surface area (Å²) in [6.07, 6.45) is 4.44. The summed E-state index contributed by atoms with van der Waals surface area (Å²) in [7, 11) is 0. The van der Waals surface area contributed by atoms with Crippen molar-refractivity contribution < 1.29 is 9.59 Å². The van der Waals surface area contributed by atoms with E-state index in [2.05, 4.69) is 10.3 Å². The Labute approximate surface area is 129 Å². The van der Waals surface area contributed by atoms with Crippen molar-refractivity contribution in [3.63, 3.8) is 0 Å². The molecule has 0 unspecified atom stereocenters. The predicted molar refractivity (Wildman–Crippen MR) is 84.7 cm³/mol. The Hall–Kier alpha value is -2.69. The fourth-order valence-corrected chi connectivity index (χ4v) is 2.75. The van der Waals surface area contributed by atoms with Crippen molar-refractivity contribution in [1.82, 2.24) is 4.98 Å². The number of amides is 2. The minimum Gasteiger partial charge on any atom is -0.324 e. The van der Waals surface area contributed by atoms with E-state index in [-0.39, 0.29) is 18.2 Å². The molecule has 0 bridgehead atoms. The molecule has 22 heavy (non-hydrogen) atoms. The van der Waals surface area contributed by atoms with E-state index in [9.17, 15) is 9.59 Å². The highest BCUT2D eigenvalue weighted by atomic mass is 16.2. The minimum absolute atomic E-state index is 0.00502. The molecule has 0 saturated carbocycles. The third-order valence-corrected chi connectivity index (χ3v) is 3.76. The topological polar surface area (TPSA) is 62.3 Å². The molecule has 0 atom stereocenters. The number of rotatable bonds is 3. The van der Waals surface area contributed by atoms with Crippen LogP contribution >= 0.6 is 0 Å². The van der Waals surface area contributed by atoms with Gasteiger partial charge in [0.25, 0.3) is 0 Å². The lowest BCUT2D eigenvalue weighted by molar-refractivity contribution is -0.117. The Kier molecular flexibility index (Phi) is 3.87. The van der Waals surface area contributed by atoms with Crippen molar-refractivity contribution in [3.8, 4) is 0 Å². The molecule has 1 N–H and O–H groups in total. The lowest BCUT2D eigenvalue weighted by Crippen LogP contribution is -2.27. The van der Waals surface area contributed by atoms with Gasteiger partial charge in [0, 0.05) is 25.9 Å². The van der Waals surface area contributed by atoms with Crippen LogP contribution in [0, 0.1) is 0 Å². The van der Waals surface area contributed by atoms with Gasteiger partial charge >= 0.3 is 0 Å². The van der Waals surface area contributed by atoms with Crippen LogP contribution in [0.5, 0.6) is 0 Å². The fraction of sp³-hybridized carbons (Fsp3) is 0.235. The number of para-hydroxylation sites is 1. The van der Waals surface area contributed by atoms with E-state index < -0.39 is 0 Å². The molecule has 1 aromatic carbocycles. The first kappa shape index (κ1) is 14.3. The lowest BCUT2D eigenvalue weighted by atomic mass is 10.1. The van der Waals surface area contributed by atoms with Gasteiger partial charge in [0.1, 0.15) is 0 Å². The van der Waals surface area contributed by atoms with Crippen LogP contribution in [0.3, 0.4) is 0 Å². The summed E-state index contributed by atoms with van der Waals surface area (Å²) in [6.45, 7) is 2.21. The molecule has 0 spiro atoms. The highest BCUT2D eigenvalue weighted by Crippen LogP contribution is 2.35. The molecule has 2 amide bonds. The average molecular weight is 295 g/mol. The molecule has 1 aliphatic rings. The zero-order valence-corrected chi connectivity index (χ0v) is 12.4. The van der Waals surface area contributed by atoms with Crippen molar-refractivity contribution >= 4 is 23.2 Å². The van der Waals surface area contributed by atoms with Gasteiger partial charge < -0.3 is 10.2 Å². The molecule has 5 nitrogen and oxygen atoms in total. The maximum Gasteiger partial charge on any atom is 0.228 e. The Morgan fingerprint density at radius 1 is 1.23 bits per heavy atom. The first-order valence-electron chi connectivity index (χ1n) is 7.24. The van der Waals surface area contributed by atoms with Crippen LogP contribution in [0.2, 0.25) is 0 Å². The maximum atomic E-state index is 12.2. The predicted octanol–water partition coefficient (Wildman–Crippen LogP) is 2.17. The third-order valence-electron chi connectivity index (χ3n) is 3.76. The smallest absolute Gasteiger partial charge is 0.228 e. The molecule has 1 aliphatic heterocycles. The monoisotopic (exact) mass is 295 g/mol. The second-order valence-corrected chi connectivity index (χ2v) is 5.31. The number of fused-ring (bicyclic) bond motifs is 1. The van der Waals surface area contributed by atoms with E-state index in [4.69, 9.17) is 0 Å². The summed E-state index contributed by atoms with van der Waals surface area (Å²) in [4.78, 5) is 29.6. The molecule has 0 aliphatic carbocycles. The van der Waals surface area contributed by atoms with Crippen LogP contribution in [-0.2, 0) is 22.4 Å². The number of hydrogen-bond donors (Lipinski definition) is 1. The molecule has 2 heterocycles. The third kappa shape index (κ3) is 2.83. The number of benzene rings is 1. The van der Waals surface area contributed by atoms with Gasteiger partial charge in [0.05, 0.1) is 17.8 Å². The van der Waals surface area contributed by atoms with Crippen molar-refractivity contribution in [3.05, 3.63) is 53.9 Å². The van der Waals surface area contributed by atoms with Crippen molar-refractivity contribution in [1.29, 1.82) is 0 Å². The second kappa shape index (κ2) is 5.97. The zero-order valence-electron chi connectivity index (χ0n) is 12.4. The Balaban J connectivity index is 1.80. The van der Waals surface area contributed by atoms with Gasteiger partial charge in [0.15, 0.2) is 0 Å². The van der Waals surface area contributed by atoms with Gasteiger partial charge in [0.2, 0.25) is 11.8 Å². The van der Waals surface area contributed by atoms with Crippen LogP contribution in [-0.4, -0.2) is 23.3 Å². The summed E-state index contributed by atoms with van der Waals surface area (Å²) >= 11 is 0. The van der Waals surface area contributed by atoms with Crippen LogP contribution in [0.1, 0.15) is 18.1 Å². The van der Waals surface area contributed by atoms with Crippen LogP contribution in [0.15, 0.2) is 42.7 Å². The van der Waals surface area contributed by atoms with Gasteiger partial charge in [-0.05, 0) is 35.7 Å². The number of carbonyl (C=O) groups excluding carboxylic acids is 2. The molecular weight excluding hydrogens is 278 g/mol. The summed E-state index contributed by atoms with van der Waals surface area (Å²) in [5.41, 5.74) is 3.53. The zero-order chi connectivity index (χ0) is 15.5. The van der Waals surface area contributed by atoms with E-state index in [1.165, 1.54) is 0 Å². The van der Waals surface area contributed by atoms with Gasteiger partial charge in [-0.2, -0.15) is 0 Å². The molecule has 2 aromatic rings. The van der Waals surface area contributed by atoms with Crippen LogP contribution < -0.4 is 10.2 Å². The molecular formula is C17H17N3O2. The van der Waals surface area contributed by atoms with E-state index in [1.54, 1.807) is 24.2 Å². The van der Waals surface area contributed by atoms with Crippen LogP contribution in [0.25, 0.3) is 0 Å². The van der Waals surface area contributed by atoms with Crippen LogP contribution in [0.4, 0.5) is 11.4 Å². The molecule has 0 radical (unpaired) electrons. The molecule has 112 valence electrons. The number of hydrogen-bond acceptors (Lipinski definition) is 3. The number of nitrogens with zero attached hydrogens (tertiary/aromatic N) is 2. The normalized spacial score (nSPS) is 12.9. The van der Waals surface area contributed by atoms with Gasteiger partial charge in [-0.1, -0.05) is 12.1 Å². The first-order valence-corrected chi connectivity index (χ1v) is 7.24. The van der Waals surface area contributed by atoms with Crippen molar-refractivity contribution in [2.24, 2.45) is 0 Å². The Morgan fingerprint density at radius 2 is 2.00 bits per heavy atom. The summed E-state index contributed by atoms with van der Waals surface area (Å²) in [5.74, 6) is -0.107. The van der Waals surface area contributed by atoms with Gasteiger partial charge in [-0.3, -0.25) is 14.6 Å². The maximum absolute atomic E-state index is 12.2. The fourth-order valence-electron chi connectivity index (χ4n) is 2.75. The Bertz CT molecular complexity index is 713. The number of anilines is 2. The molecule has 3 rings (SSSR count). The minimum atomic E-state index is -0.102. The largest absolute Gasteiger partial charge is 0.324 e. The number of pyridine rings is 1. The number of nitrogens with one attached hydrogen (secondary N) is 1. The molecule has 0 saturated heterocycles. The number of aromatic nitrogens is 1. The van der Waals surface area contributed by atoms with E-state index in [0.717, 1.165) is 23.2 Å². The quantitative estimate of drug-likeness (QED) is 0.944. The van der Waals surface area contributed by atoms with Gasteiger partial charge in [-0.25, -0.2) is 0 Å². The van der Waals surface area contributed by atoms with E-state index in [1.807, 2.05) is 30.3 Å². The summed E-state index contributed by atoms with van der Waals surface area (Å²) in [5, 5.41) is 2.92. The highest BCUT2D eigenvalue weighted by molar-refractivity contribution is 6.02. The molecule has 5 heteroatoms. The van der Waals surface area contributed by atoms with Gasteiger partial charge in [-0.15, -0.1) is 0 Å². The Morgan fingerprint density at radius 3 is 2.73 bits per heavy atom. The first-order chi connectivity index (χ1) is 10.6. The number of carbonyl (C=O) groups is 2. The van der Waals surface area contributed by atoms with E-state index >= 15 is 0 Å². The highest BCUT2D eigenvalue weighted by Gasteiger charge is 2.25. The lowest BCUT2D eigenvalue weighted by Gasteiger charge is -2.19. The summed E-state index contributed by atoms with van der Waals surface area (Å²) in [6, 6.07) is 9.37. The van der Waals surface area contributed by atoms with Crippen molar-refractivity contribution in [2.75, 3.05) is 16.8 Å². The van der Waals surface area contributed by atoms with Crippen molar-refractivity contribution in [2.45, 2.75) is 19.8 Å². The SMILES string of the molecule is CC(=O)N1CCc2cccc(NC(=O)Cc3ccncc3)c21.